The molecule has 0 bridgehead atoms. The van der Waals surface area contributed by atoms with Crippen molar-refractivity contribution in [1.82, 2.24) is 9.97 Å². The largest absolute Gasteiger partial charge is 0.278 e. The lowest BCUT2D eigenvalue weighted by molar-refractivity contribution is 0.608. The minimum atomic E-state index is -3.41. The zero-order valence-corrected chi connectivity index (χ0v) is 6.11. The highest BCUT2D eigenvalue weighted by molar-refractivity contribution is 7.97. The first-order chi connectivity index (χ1) is 5.17. The normalized spacial score (nSPS) is 18.2. The number of rotatable bonds is 0. The summed E-state index contributed by atoms with van der Waals surface area (Å²) in [6.07, 6.45) is 2.67. The van der Waals surface area contributed by atoms with Crippen molar-refractivity contribution in [2.45, 2.75) is 0 Å². The maximum Gasteiger partial charge on any atom is 0.278 e. The lowest BCUT2D eigenvalue weighted by atomic mass is 10.5. The van der Waals surface area contributed by atoms with E-state index in [4.69, 9.17) is 0 Å². The number of aromatic nitrogens is 2. The molecule has 0 unspecified atom stereocenters. The molecule has 1 aromatic rings. The van der Waals surface area contributed by atoms with Crippen LogP contribution in [-0.4, -0.2) is 18.4 Å². The molecule has 0 spiro atoms. The molecule has 6 heteroatoms. The van der Waals surface area contributed by atoms with Gasteiger partial charge < -0.3 is 0 Å². The number of nitrogens with zero attached hydrogens (tertiary/aromatic N) is 3. The van der Waals surface area contributed by atoms with Crippen LogP contribution in [0.25, 0.3) is 5.41 Å². The van der Waals surface area contributed by atoms with Crippen LogP contribution in [0, 0.1) is 0 Å². The van der Waals surface area contributed by atoms with E-state index in [9.17, 15) is 8.42 Å². The molecular formula is C5H3N3O2S. The smallest absolute Gasteiger partial charge is 0.244 e. The molecule has 2 heterocycles. The Hall–Kier alpha value is -1.30. The Bertz CT molecular complexity index is 464. The van der Waals surface area contributed by atoms with Gasteiger partial charge in [-0.3, -0.25) is 0 Å². The van der Waals surface area contributed by atoms with Crippen molar-refractivity contribution in [3.8, 4) is 0 Å². The van der Waals surface area contributed by atoms with Crippen LogP contribution >= 0.6 is 0 Å². The Balaban J connectivity index is 3.03. The molecule has 5 nitrogen and oxygen atoms in total. The van der Waals surface area contributed by atoms with Crippen molar-refractivity contribution in [3.05, 3.63) is 23.2 Å². The van der Waals surface area contributed by atoms with Crippen LogP contribution in [0.1, 0.15) is 0 Å². The van der Waals surface area contributed by atoms with Gasteiger partial charge in [0.25, 0.3) is 10.0 Å². The average molecular weight is 169 g/mol. The Morgan fingerprint density at radius 3 is 2.91 bits per heavy atom. The summed E-state index contributed by atoms with van der Waals surface area (Å²) in [6, 6.07) is 0. The lowest BCUT2D eigenvalue weighted by Crippen LogP contribution is -2.24. The first kappa shape index (κ1) is 6.41. The Morgan fingerprint density at radius 1 is 1.36 bits per heavy atom. The van der Waals surface area contributed by atoms with Gasteiger partial charge in [-0.1, -0.05) is 0 Å². The maximum absolute atomic E-state index is 10.8. The topological polar surface area (TPSA) is 72.3 Å². The monoisotopic (exact) mass is 169 g/mol. The molecular weight excluding hydrogens is 166 g/mol. The molecule has 0 saturated carbocycles. The SMILES string of the molecule is O=S1(=O)C=c2cncnc2=N1. The second kappa shape index (κ2) is 1.85. The Labute approximate surface area is 62.2 Å². The van der Waals surface area contributed by atoms with Gasteiger partial charge in [0.05, 0.1) is 10.6 Å². The van der Waals surface area contributed by atoms with Crippen LogP contribution in [0.15, 0.2) is 16.9 Å². The van der Waals surface area contributed by atoms with Gasteiger partial charge in [0.1, 0.15) is 6.33 Å². The molecule has 11 heavy (non-hydrogen) atoms. The van der Waals surface area contributed by atoms with E-state index in [1.165, 1.54) is 12.5 Å². The third-order valence-electron chi connectivity index (χ3n) is 1.21. The van der Waals surface area contributed by atoms with Crippen molar-refractivity contribution >= 4 is 15.4 Å². The van der Waals surface area contributed by atoms with Crippen molar-refractivity contribution in [2.75, 3.05) is 0 Å². The molecule has 56 valence electrons. The lowest BCUT2D eigenvalue weighted by Gasteiger charge is -1.76. The second-order valence-electron chi connectivity index (χ2n) is 2.03. The predicted octanol–water partition coefficient (Wildman–Crippen LogP) is -1.82. The summed E-state index contributed by atoms with van der Waals surface area (Å²) < 4.78 is 24.9. The van der Waals surface area contributed by atoms with Crippen LogP contribution in [0.5, 0.6) is 0 Å². The van der Waals surface area contributed by atoms with E-state index in [-0.39, 0.29) is 5.49 Å². The van der Waals surface area contributed by atoms with Crippen LogP contribution in [0.4, 0.5) is 0 Å². The highest BCUT2D eigenvalue weighted by Gasteiger charge is 2.09. The molecule has 1 aliphatic rings. The molecule has 0 saturated heterocycles. The van der Waals surface area contributed by atoms with E-state index >= 15 is 0 Å². The number of fused-ring (bicyclic) bond motifs is 1. The van der Waals surface area contributed by atoms with Gasteiger partial charge >= 0.3 is 0 Å². The fraction of sp³-hybridized carbons (Fsp3) is 0. The van der Waals surface area contributed by atoms with Crippen LogP contribution in [-0.2, 0) is 10.0 Å². The van der Waals surface area contributed by atoms with Gasteiger partial charge in [0.15, 0.2) is 5.49 Å². The molecule has 0 amide bonds. The van der Waals surface area contributed by atoms with Gasteiger partial charge in [-0.15, -0.1) is 4.40 Å². The molecule has 0 fully saturated rings. The van der Waals surface area contributed by atoms with Crippen molar-refractivity contribution < 1.29 is 8.42 Å². The van der Waals surface area contributed by atoms with Crippen LogP contribution < -0.4 is 10.7 Å². The highest BCUT2D eigenvalue weighted by Crippen LogP contribution is 1.93. The number of hydrogen-bond donors (Lipinski definition) is 0. The Morgan fingerprint density at radius 2 is 2.18 bits per heavy atom. The average Bonchev–Trinajstić information content (AvgIpc) is 2.21. The van der Waals surface area contributed by atoms with Crippen LogP contribution in [0.3, 0.4) is 0 Å². The standard InChI is InChI=1S/C5H3N3O2S/c9-11(10)2-4-1-6-3-7-5(4)8-11/h1-3H. The summed E-state index contributed by atoms with van der Waals surface area (Å²) in [4.78, 5) is 7.32. The number of sulfonamides is 1. The summed E-state index contributed by atoms with van der Waals surface area (Å²) in [5.74, 6) is 0. The summed E-state index contributed by atoms with van der Waals surface area (Å²) >= 11 is 0. The van der Waals surface area contributed by atoms with E-state index < -0.39 is 10.0 Å². The summed E-state index contributed by atoms with van der Waals surface area (Å²) in [5, 5.41) is 1.50. The van der Waals surface area contributed by atoms with Gasteiger partial charge in [0, 0.05) is 6.20 Å². The molecule has 0 aliphatic carbocycles. The molecule has 1 aromatic heterocycles. The fourth-order valence-corrected chi connectivity index (χ4v) is 1.73. The molecule has 0 aromatic carbocycles. The third kappa shape index (κ3) is 1.01. The van der Waals surface area contributed by atoms with Gasteiger partial charge in [-0.25, -0.2) is 9.97 Å². The van der Waals surface area contributed by atoms with E-state index in [0.29, 0.717) is 5.22 Å². The van der Waals surface area contributed by atoms with Crippen molar-refractivity contribution in [3.63, 3.8) is 0 Å². The first-order valence-corrected chi connectivity index (χ1v) is 4.30. The molecule has 0 radical (unpaired) electrons. The first-order valence-electron chi connectivity index (χ1n) is 2.80. The van der Waals surface area contributed by atoms with E-state index in [1.807, 2.05) is 0 Å². The summed E-state index contributed by atoms with van der Waals surface area (Å²) in [7, 11) is -3.41. The highest BCUT2D eigenvalue weighted by atomic mass is 32.2. The van der Waals surface area contributed by atoms with Gasteiger partial charge in [-0.05, 0) is 0 Å². The quantitative estimate of drug-likeness (QED) is 0.458. The van der Waals surface area contributed by atoms with Crippen LogP contribution in [0.2, 0.25) is 0 Å². The van der Waals surface area contributed by atoms with Crippen molar-refractivity contribution in [1.29, 1.82) is 0 Å². The third-order valence-corrected chi connectivity index (χ3v) is 2.19. The summed E-state index contributed by atoms with van der Waals surface area (Å²) in [6.45, 7) is 0. The fourth-order valence-electron chi connectivity index (χ4n) is 0.801. The summed E-state index contributed by atoms with van der Waals surface area (Å²) in [5.41, 5.74) is 0.222. The molecule has 0 atom stereocenters. The predicted molar refractivity (Wildman–Crippen MR) is 36.2 cm³/mol. The second-order valence-corrected chi connectivity index (χ2v) is 3.47. The minimum Gasteiger partial charge on any atom is -0.244 e. The molecule has 1 aliphatic heterocycles. The molecule has 0 N–H and O–H groups in total. The number of hydrogen-bond acceptors (Lipinski definition) is 4. The maximum atomic E-state index is 10.8. The zero-order valence-electron chi connectivity index (χ0n) is 5.30. The van der Waals surface area contributed by atoms with Gasteiger partial charge in [-0.2, -0.15) is 8.42 Å². The zero-order chi connectivity index (χ0) is 7.90. The Kier molecular flexibility index (Phi) is 1.08. The van der Waals surface area contributed by atoms with E-state index in [1.54, 1.807) is 0 Å². The van der Waals surface area contributed by atoms with Crippen molar-refractivity contribution in [2.24, 2.45) is 4.40 Å². The minimum absolute atomic E-state index is 0.222. The molecule has 2 rings (SSSR count). The van der Waals surface area contributed by atoms with E-state index in [2.05, 4.69) is 14.4 Å². The van der Waals surface area contributed by atoms with Gasteiger partial charge in [0.2, 0.25) is 0 Å². The van der Waals surface area contributed by atoms with E-state index in [0.717, 1.165) is 5.41 Å².